The Bertz CT molecular complexity index is 514. The fourth-order valence-corrected chi connectivity index (χ4v) is 2.19. The molecule has 0 unspecified atom stereocenters. The molecule has 108 valence electrons. The fraction of sp³-hybridized carbons (Fsp3) is 0.429. The van der Waals surface area contributed by atoms with Crippen molar-refractivity contribution in [3.05, 3.63) is 35.4 Å². The Morgan fingerprint density at radius 3 is 2.55 bits per heavy atom. The van der Waals surface area contributed by atoms with E-state index < -0.39 is 23.1 Å². The minimum absolute atomic E-state index is 0.199. The van der Waals surface area contributed by atoms with E-state index in [0.717, 1.165) is 25.3 Å². The second-order valence-electron chi connectivity index (χ2n) is 4.73. The topological polar surface area (TPSA) is 49.4 Å². The van der Waals surface area contributed by atoms with Crippen molar-refractivity contribution in [3.8, 4) is 0 Å². The average Bonchev–Trinajstić information content (AvgIpc) is 2.48. The number of rotatable bonds is 3. The predicted molar refractivity (Wildman–Crippen MR) is 69.1 cm³/mol. The van der Waals surface area contributed by atoms with Crippen molar-refractivity contribution >= 4 is 11.8 Å². The highest BCUT2D eigenvalue weighted by Crippen LogP contribution is 2.11. The molecule has 0 spiro atoms. The van der Waals surface area contributed by atoms with Gasteiger partial charge in [-0.1, -0.05) is 6.07 Å². The molecule has 0 aliphatic carbocycles. The molecule has 4 nitrogen and oxygen atoms in total. The van der Waals surface area contributed by atoms with Crippen molar-refractivity contribution in [2.75, 3.05) is 19.6 Å². The first-order chi connectivity index (χ1) is 9.59. The van der Waals surface area contributed by atoms with Crippen LogP contribution in [0.3, 0.4) is 0 Å². The second-order valence-corrected chi connectivity index (χ2v) is 4.73. The third kappa shape index (κ3) is 3.31. The molecule has 0 saturated carbocycles. The van der Waals surface area contributed by atoms with Crippen LogP contribution in [-0.2, 0) is 4.79 Å². The number of nitrogens with zero attached hydrogens (tertiary/aromatic N) is 1. The van der Waals surface area contributed by atoms with E-state index in [1.807, 2.05) is 0 Å². The van der Waals surface area contributed by atoms with Crippen LogP contribution in [0.1, 0.15) is 29.6 Å². The van der Waals surface area contributed by atoms with E-state index >= 15 is 0 Å². The highest BCUT2D eigenvalue weighted by molar-refractivity contribution is 5.96. The van der Waals surface area contributed by atoms with Crippen LogP contribution in [0.15, 0.2) is 18.2 Å². The van der Waals surface area contributed by atoms with Gasteiger partial charge in [-0.05, 0) is 31.4 Å². The van der Waals surface area contributed by atoms with E-state index in [2.05, 4.69) is 5.32 Å². The summed E-state index contributed by atoms with van der Waals surface area (Å²) in [5.41, 5.74) is -0.392. The van der Waals surface area contributed by atoms with Gasteiger partial charge in [-0.3, -0.25) is 9.59 Å². The lowest BCUT2D eigenvalue weighted by atomic mass is 10.1. The van der Waals surface area contributed by atoms with Crippen LogP contribution >= 0.6 is 0 Å². The molecule has 20 heavy (non-hydrogen) atoms. The first-order valence-electron chi connectivity index (χ1n) is 6.59. The minimum atomic E-state index is -1.20. The van der Waals surface area contributed by atoms with Gasteiger partial charge in [-0.2, -0.15) is 0 Å². The molecule has 1 heterocycles. The van der Waals surface area contributed by atoms with E-state index in [1.54, 1.807) is 4.90 Å². The molecule has 2 amide bonds. The zero-order valence-corrected chi connectivity index (χ0v) is 11.0. The van der Waals surface area contributed by atoms with Crippen LogP contribution in [0.5, 0.6) is 0 Å². The third-order valence-corrected chi connectivity index (χ3v) is 3.31. The zero-order valence-electron chi connectivity index (χ0n) is 11.0. The van der Waals surface area contributed by atoms with Gasteiger partial charge in [0.15, 0.2) is 11.6 Å². The monoisotopic (exact) mass is 282 g/mol. The molecular formula is C14H16F2N2O2. The minimum Gasteiger partial charge on any atom is -0.343 e. The average molecular weight is 282 g/mol. The Hall–Kier alpha value is -1.98. The first-order valence-corrected chi connectivity index (χ1v) is 6.59. The summed E-state index contributed by atoms with van der Waals surface area (Å²) < 4.78 is 26.4. The highest BCUT2D eigenvalue weighted by atomic mass is 19.2. The van der Waals surface area contributed by atoms with Crippen molar-refractivity contribution in [3.63, 3.8) is 0 Å². The molecule has 6 heteroatoms. The lowest BCUT2D eigenvalue weighted by Crippen LogP contribution is -2.42. The first kappa shape index (κ1) is 14.4. The number of halogens is 2. The van der Waals surface area contributed by atoms with Gasteiger partial charge in [-0.15, -0.1) is 0 Å². The maximum Gasteiger partial charge on any atom is 0.254 e. The summed E-state index contributed by atoms with van der Waals surface area (Å²) in [5.74, 6) is -3.27. The molecule has 1 aliphatic heterocycles. The van der Waals surface area contributed by atoms with Crippen LogP contribution in [-0.4, -0.2) is 36.3 Å². The molecule has 1 aromatic carbocycles. The van der Waals surface area contributed by atoms with Crippen molar-refractivity contribution < 1.29 is 18.4 Å². The fourth-order valence-electron chi connectivity index (χ4n) is 2.19. The molecule has 1 N–H and O–H groups in total. The number of benzene rings is 1. The zero-order chi connectivity index (χ0) is 14.5. The number of hydrogen-bond acceptors (Lipinski definition) is 2. The van der Waals surface area contributed by atoms with Crippen LogP contribution in [0.2, 0.25) is 0 Å². The number of amides is 2. The van der Waals surface area contributed by atoms with Crippen molar-refractivity contribution in [2.45, 2.75) is 19.3 Å². The number of hydrogen-bond donors (Lipinski definition) is 1. The number of carbonyl (C=O) groups is 2. The normalized spacial score (nSPS) is 15.0. The Labute approximate surface area is 115 Å². The summed E-state index contributed by atoms with van der Waals surface area (Å²) in [6.07, 6.45) is 3.01. The molecule has 1 fully saturated rings. The lowest BCUT2D eigenvalue weighted by molar-refractivity contribution is -0.130. The van der Waals surface area contributed by atoms with Crippen LogP contribution < -0.4 is 5.32 Å². The van der Waals surface area contributed by atoms with Crippen LogP contribution in [0, 0.1) is 11.6 Å². The van der Waals surface area contributed by atoms with Gasteiger partial charge in [-0.25, -0.2) is 8.78 Å². The molecule has 0 aromatic heterocycles. The smallest absolute Gasteiger partial charge is 0.254 e. The van der Waals surface area contributed by atoms with E-state index in [0.29, 0.717) is 13.1 Å². The SMILES string of the molecule is O=C(NCC(=O)N1CCCCC1)c1cccc(F)c1F. The van der Waals surface area contributed by atoms with Crippen molar-refractivity contribution in [1.82, 2.24) is 10.2 Å². The molecule has 0 bridgehead atoms. The van der Waals surface area contributed by atoms with Crippen LogP contribution in [0.4, 0.5) is 8.78 Å². The summed E-state index contributed by atoms with van der Waals surface area (Å²) in [5, 5.41) is 2.33. The van der Waals surface area contributed by atoms with Crippen LogP contribution in [0.25, 0.3) is 0 Å². The number of carbonyl (C=O) groups excluding carboxylic acids is 2. The van der Waals surface area contributed by atoms with Crippen molar-refractivity contribution in [2.24, 2.45) is 0 Å². The maximum absolute atomic E-state index is 13.4. The van der Waals surface area contributed by atoms with Gasteiger partial charge in [0, 0.05) is 13.1 Å². The third-order valence-electron chi connectivity index (χ3n) is 3.31. The summed E-state index contributed by atoms with van der Waals surface area (Å²) in [4.78, 5) is 25.2. The highest BCUT2D eigenvalue weighted by Gasteiger charge is 2.19. The Morgan fingerprint density at radius 1 is 1.15 bits per heavy atom. The van der Waals surface area contributed by atoms with E-state index in [4.69, 9.17) is 0 Å². The molecule has 1 saturated heterocycles. The van der Waals surface area contributed by atoms with E-state index in [1.165, 1.54) is 12.1 Å². The van der Waals surface area contributed by atoms with Gasteiger partial charge in [0.2, 0.25) is 5.91 Å². The predicted octanol–water partition coefficient (Wildman–Crippen LogP) is 1.71. The van der Waals surface area contributed by atoms with Gasteiger partial charge in [0.05, 0.1) is 12.1 Å². The summed E-state index contributed by atoms with van der Waals surface area (Å²) in [6, 6.07) is 3.36. The number of likely N-dealkylation sites (tertiary alicyclic amines) is 1. The van der Waals surface area contributed by atoms with E-state index in [-0.39, 0.29) is 12.5 Å². The van der Waals surface area contributed by atoms with Gasteiger partial charge in [0.1, 0.15) is 0 Å². The standard InChI is InChI=1S/C14H16F2N2O2/c15-11-6-4-5-10(13(11)16)14(20)17-9-12(19)18-7-2-1-3-8-18/h4-6H,1-3,7-9H2,(H,17,20). The summed E-state index contributed by atoms with van der Waals surface area (Å²) in [6.45, 7) is 1.17. The molecule has 1 aliphatic rings. The summed E-state index contributed by atoms with van der Waals surface area (Å²) in [7, 11) is 0. The molecular weight excluding hydrogens is 266 g/mol. The molecule has 0 radical (unpaired) electrons. The second kappa shape index (κ2) is 6.45. The van der Waals surface area contributed by atoms with Crippen molar-refractivity contribution in [1.29, 1.82) is 0 Å². The Balaban J connectivity index is 1.91. The molecule has 1 aromatic rings. The van der Waals surface area contributed by atoms with Gasteiger partial charge in [0.25, 0.3) is 5.91 Å². The summed E-state index contributed by atoms with van der Waals surface area (Å²) >= 11 is 0. The Kier molecular flexibility index (Phi) is 4.65. The molecule has 2 rings (SSSR count). The maximum atomic E-state index is 13.4. The lowest BCUT2D eigenvalue weighted by Gasteiger charge is -2.26. The quantitative estimate of drug-likeness (QED) is 0.917. The Morgan fingerprint density at radius 2 is 1.85 bits per heavy atom. The molecule has 0 atom stereocenters. The van der Waals surface area contributed by atoms with Gasteiger partial charge >= 0.3 is 0 Å². The largest absolute Gasteiger partial charge is 0.343 e. The number of piperidine rings is 1. The number of nitrogens with one attached hydrogen (secondary N) is 1. The van der Waals surface area contributed by atoms with Gasteiger partial charge < -0.3 is 10.2 Å². The van der Waals surface area contributed by atoms with E-state index in [9.17, 15) is 18.4 Å².